The van der Waals surface area contributed by atoms with Crippen molar-refractivity contribution in [3.05, 3.63) is 0 Å². The maximum absolute atomic E-state index is 6.63. The Balaban J connectivity index is 3.10. The fraction of sp³-hybridized carbons (Fsp3) is 1.00. The summed E-state index contributed by atoms with van der Waals surface area (Å²) in [6.45, 7) is 13.4. The third-order valence-electron chi connectivity index (χ3n) is 3.31. The van der Waals surface area contributed by atoms with E-state index >= 15 is 0 Å². The molecular weight excluding hydrogens is 341 g/mol. The zero-order valence-corrected chi connectivity index (χ0v) is 17.7. The highest BCUT2D eigenvalue weighted by Crippen LogP contribution is 2.37. The molecule has 0 N–H and O–H groups in total. The van der Waals surface area contributed by atoms with Crippen LogP contribution < -0.4 is 0 Å². The molecule has 0 amide bonds. The molecule has 18 heavy (non-hydrogen) atoms. The van der Waals surface area contributed by atoms with Crippen LogP contribution >= 0.6 is 35.3 Å². The van der Waals surface area contributed by atoms with Crippen molar-refractivity contribution in [2.24, 2.45) is 0 Å². The van der Waals surface area contributed by atoms with E-state index in [9.17, 15) is 0 Å². The Bertz CT molecular complexity index is 228. The molecule has 0 unspecified atom stereocenters. The molecule has 1 heterocycles. The molecule has 0 radical (unpaired) electrons. The van der Waals surface area contributed by atoms with Crippen LogP contribution in [0.25, 0.3) is 0 Å². The quantitative estimate of drug-likeness (QED) is 0.562. The lowest BCUT2D eigenvalue weighted by Crippen LogP contribution is -2.72. The average molecular weight is 365 g/mol. The van der Waals surface area contributed by atoms with Crippen LogP contribution in [0.15, 0.2) is 0 Å². The van der Waals surface area contributed by atoms with Gasteiger partial charge in [-0.25, -0.2) is 11.3 Å². The number of hydrogen-bond donors (Lipinski definition) is 0. The summed E-state index contributed by atoms with van der Waals surface area (Å²) < 4.78 is 6.21. The van der Waals surface area contributed by atoms with Gasteiger partial charge in [0.1, 0.15) is 0 Å². The first-order valence-electron chi connectivity index (χ1n) is 6.52. The number of nitrogens with zero attached hydrogens (tertiary/aromatic N) is 3. The van der Waals surface area contributed by atoms with Gasteiger partial charge in [-0.2, -0.15) is 0 Å². The van der Waals surface area contributed by atoms with Gasteiger partial charge in [0.15, 0.2) is 0 Å². The van der Waals surface area contributed by atoms with Gasteiger partial charge in [-0.15, -0.1) is 0 Å². The average Bonchev–Trinajstić information content (AvgIpc) is 2.14. The van der Waals surface area contributed by atoms with Crippen LogP contribution in [-0.4, -0.2) is 38.6 Å². The molecule has 1 rings (SSSR count). The molecule has 1 aliphatic rings. The highest BCUT2D eigenvalue weighted by Gasteiger charge is 2.51. The molecule has 9 heteroatoms. The van der Waals surface area contributed by atoms with E-state index in [2.05, 4.69) is 52.8 Å². The molecule has 0 aromatic rings. The lowest BCUT2D eigenvalue weighted by atomic mass is 10.6. The largest absolute Gasteiger partial charge is 0.238 e. The normalized spacial score (nSPS) is 33.0. The van der Waals surface area contributed by atoms with Crippen LogP contribution in [0, 0.1) is 0 Å². The summed E-state index contributed by atoms with van der Waals surface area (Å²) in [6, 6.07) is 0. The lowest BCUT2D eigenvalue weighted by molar-refractivity contribution is 0.659. The second-order valence-corrected chi connectivity index (χ2v) is 20.7. The van der Waals surface area contributed by atoms with Crippen LogP contribution in [-0.2, 0) is 0 Å². The van der Waals surface area contributed by atoms with Crippen molar-refractivity contribution in [3.8, 4) is 0 Å². The molecule has 1 aliphatic heterocycles. The summed E-state index contributed by atoms with van der Waals surface area (Å²) in [6.07, 6.45) is 0. The van der Waals surface area contributed by atoms with Crippen molar-refractivity contribution in [3.63, 3.8) is 0 Å². The van der Waals surface area contributed by atoms with Gasteiger partial charge < -0.3 is 0 Å². The van der Waals surface area contributed by atoms with Gasteiger partial charge in [0.25, 0.3) is 0 Å². The Hall–Kier alpha value is 1.40. The van der Waals surface area contributed by atoms with Gasteiger partial charge >= 0.3 is 0 Å². The van der Waals surface area contributed by atoms with Gasteiger partial charge in [-0.1, -0.05) is 41.5 Å². The maximum atomic E-state index is 6.63. The molecule has 3 nitrogen and oxygen atoms in total. The summed E-state index contributed by atoms with van der Waals surface area (Å²) in [5, 5.41) is 0. The van der Waals surface area contributed by atoms with Crippen molar-refractivity contribution < 1.29 is 0 Å². The van der Waals surface area contributed by atoms with Gasteiger partial charge in [-0.05, 0) is 52.0 Å². The Morgan fingerprint density at radius 3 is 0.833 bits per heavy atom. The molecule has 0 aromatic heterocycles. The van der Waals surface area contributed by atoms with Gasteiger partial charge in [0.2, 0.25) is 27.4 Å². The molecule has 0 bridgehead atoms. The minimum absolute atomic E-state index is 0.535. The van der Waals surface area contributed by atoms with Crippen molar-refractivity contribution in [1.29, 1.82) is 0 Å². The minimum Gasteiger partial charge on any atom is -0.238 e. The summed E-state index contributed by atoms with van der Waals surface area (Å²) in [5.74, 6) is 0. The fourth-order valence-corrected chi connectivity index (χ4v) is 28.1. The van der Waals surface area contributed by atoms with Crippen LogP contribution in [0.4, 0.5) is 0 Å². The molecular formula is C9H24Cl3N3Si3. The maximum Gasteiger partial charge on any atom is 0.210 e. The van der Waals surface area contributed by atoms with Gasteiger partial charge in [0, 0.05) is 0 Å². The summed E-state index contributed by atoms with van der Waals surface area (Å²) >= 11 is 19.9. The topological polar surface area (TPSA) is 9.72 Å². The van der Waals surface area contributed by atoms with Crippen molar-refractivity contribution in [1.82, 2.24) is 11.3 Å². The predicted octanol–water partition coefficient (Wildman–Crippen LogP) is 3.26. The molecule has 0 aromatic carbocycles. The number of rotatable bonds is 3. The molecule has 1 fully saturated rings. The minimum atomic E-state index is -1.46. The van der Waals surface area contributed by atoms with Crippen molar-refractivity contribution >= 4 is 62.7 Å². The first-order chi connectivity index (χ1) is 8.20. The van der Waals surface area contributed by atoms with E-state index in [-0.39, 0.29) is 0 Å². The Labute approximate surface area is 132 Å². The first kappa shape index (κ1) is 17.5. The van der Waals surface area contributed by atoms with Crippen LogP contribution in [0.1, 0.15) is 41.5 Å². The van der Waals surface area contributed by atoms with Gasteiger partial charge in [-0.3, -0.25) is 0 Å². The molecule has 0 saturated carbocycles. The van der Waals surface area contributed by atoms with E-state index in [0.717, 1.165) is 0 Å². The predicted molar refractivity (Wildman–Crippen MR) is 89.8 cm³/mol. The van der Waals surface area contributed by atoms with Crippen molar-refractivity contribution in [2.45, 2.75) is 58.2 Å². The van der Waals surface area contributed by atoms with Crippen LogP contribution in [0.3, 0.4) is 0 Å². The fourth-order valence-electron chi connectivity index (χ4n) is 2.49. The zero-order valence-electron chi connectivity index (χ0n) is 11.9. The number of halogens is 3. The van der Waals surface area contributed by atoms with Gasteiger partial charge in [0.05, 0.1) is 0 Å². The zero-order chi connectivity index (χ0) is 14.2. The second-order valence-electron chi connectivity index (χ2n) is 6.01. The van der Waals surface area contributed by atoms with E-state index < -0.39 is 27.4 Å². The van der Waals surface area contributed by atoms with Crippen molar-refractivity contribution in [2.75, 3.05) is 0 Å². The Morgan fingerprint density at radius 1 is 0.556 bits per heavy atom. The van der Waals surface area contributed by atoms with E-state index in [0.29, 0.717) is 16.6 Å². The van der Waals surface area contributed by atoms with Crippen LogP contribution in [0.2, 0.25) is 16.6 Å². The standard InChI is InChI=1S/C9H24Cl3N3Si3/c1-7(2)16-13(10)17(8(3)4)15(12)18(9(5)6)14(16)11/h7-9,16-18H,1-6H3. The van der Waals surface area contributed by atoms with E-state index in [1.54, 1.807) is 0 Å². The monoisotopic (exact) mass is 363 g/mol. The van der Waals surface area contributed by atoms with E-state index in [1.165, 1.54) is 0 Å². The molecule has 0 spiro atoms. The summed E-state index contributed by atoms with van der Waals surface area (Å²) in [7, 11) is -4.38. The Morgan fingerprint density at radius 2 is 0.722 bits per heavy atom. The summed E-state index contributed by atoms with van der Waals surface area (Å²) in [4.78, 5) is 0. The smallest absolute Gasteiger partial charge is 0.210 e. The van der Waals surface area contributed by atoms with E-state index in [1.807, 2.05) is 0 Å². The molecule has 108 valence electrons. The lowest BCUT2D eigenvalue weighted by Gasteiger charge is -2.52. The third-order valence-corrected chi connectivity index (χ3v) is 19.0. The molecule has 1 saturated heterocycles. The Kier molecular flexibility index (Phi) is 6.70. The van der Waals surface area contributed by atoms with E-state index in [4.69, 9.17) is 35.3 Å². The molecule has 0 aliphatic carbocycles. The highest BCUT2D eigenvalue weighted by molar-refractivity contribution is 6.97. The van der Waals surface area contributed by atoms with Crippen LogP contribution in [0.5, 0.6) is 0 Å². The molecule has 0 atom stereocenters. The number of hydrogen-bond acceptors (Lipinski definition) is 3. The first-order valence-corrected chi connectivity index (χ1v) is 12.6. The highest BCUT2D eigenvalue weighted by atomic mass is 35.5. The summed E-state index contributed by atoms with van der Waals surface area (Å²) in [5.41, 5.74) is 1.61. The SMILES string of the molecule is CC(C)[SiH]1N(Cl)[SiH](C(C)C)N(Cl)[SiH](C(C)C)N1Cl. The third kappa shape index (κ3) is 3.35. The second kappa shape index (κ2) is 6.91.